The minimum absolute atomic E-state index is 0.000763. The molecule has 1 saturated heterocycles. The van der Waals surface area contributed by atoms with E-state index in [1.165, 1.54) is 45.3 Å². The number of nitrogens with zero attached hydrogens (tertiary/aromatic N) is 3. The highest BCUT2D eigenvalue weighted by atomic mass is 19.4. The number of benzene rings is 2. The molecule has 0 saturated carbocycles. The molecule has 1 aromatic heterocycles. The molecule has 1 aliphatic heterocycles. The van der Waals surface area contributed by atoms with Crippen LogP contribution in [0.15, 0.2) is 48.7 Å². The first-order valence-electron chi connectivity index (χ1n) is 13.2. The van der Waals surface area contributed by atoms with Crippen LogP contribution in [0, 0.1) is 12.7 Å². The molecule has 2 N–H and O–H groups in total. The number of amides is 1. The van der Waals surface area contributed by atoms with Crippen LogP contribution in [-0.4, -0.2) is 53.4 Å². The van der Waals surface area contributed by atoms with Gasteiger partial charge in [-0.25, -0.2) is 9.37 Å². The average molecular weight is 614 g/mol. The standard InChI is InChI=1S/C30H30F7N3O3/c1-16-7-20(31)5-6-23(16)24-12-26(40-14-22(42)11-21(40)15-41)38-13-25(24)39(4)27(43)28(2,3)17-8-18(29(32,33)34)10-19(9-17)30(35,36)37/h5-10,12-13,21-22,41-42H,11,14-15H2,1-4H3/t21-,22+/m1/s1. The fourth-order valence-electron chi connectivity index (χ4n) is 5.32. The first-order valence-corrected chi connectivity index (χ1v) is 13.2. The van der Waals surface area contributed by atoms with Gasteiger partial charge in [0.1, 0.15) is 11.6 Å². The zero-order valence-electron chi connectivity index (χ0n) is 23.7. The number of hydrogen-bond acceptors (Lipinski definition) is 5. The largest absolute Gasteiger partial charge is 0.416 e. The molecule has 1 amide bonds. The lowest BCUT2D eigenvalue weighted by Crippen LogP contribution is -2.42. The van der Waals surface area contributed by atoms with Gasteiger partial charge in [0.25, 0.3) is 0 Å². The second kappa shape index (κ2) is 11.4. The molecule has 2 atom stereocenters. The van der Waals surface area contributed by atoms with Crippen LogP contribution in [-0.2, 0) is 22.6 Å². The number of likely N-dealkylation sites (N-methyl/N-ethyl adjacent to an activating group) is 1. The maximum Gasteiger partial charge on any atom is 0.416 e. The van der Waals surface area contributed by atoms with E-state index in [0.29, 0.717) is 34.6 Å². The molecule has 3 aromatic rings. The van der Waals surface area contributed by atoms with Crippen molar-refractivity contribution in [2.75, 3.05) is 30.0 Å². The van der Waals surface area contributed by atoms with Crippen LogP contribution in [0.3, 0.4) is 0 Å². The van der Waals surface area contributed by atoms with Crippen molar-refractivity contribution in [1.29, 1.82) is 0 Å². The third-order valence-electron chi connectivity index (χ3n) is 7.75. The topological polar surface area (TPSA) is 76.9 Å². The number of hydrogen-bond donors (Lipinski definition) is 2. The first-order chi connectivity index (χ1) is 19.8. The number of pyridine rings is 1. The van der Waals surface area contributed by atoms with Gasteiger partial charge in [-0.05, 0) is 80.3 Å². The Labute approximate surface area is 243 Å². The summed E-state index contributed by atoms with van der Waals surface area (Å²) in [6.45, 7) is 3.98. The number of carbonyl (C=O) groups is 1. The molecule has 0 bridgehead atoms. The molecule has 1 fully saturated rings. The van der Waals surface area contributed by atoms with Crippen molar-refractivity contribution >= 4 is 17.4 Å². The molecule has 6 nitrogen and oxygen atoms in total. The van der Waals surface area contributed by atoms with E-state index in [-0.39, 0.29) is 31.3 Å². The lowest BCUT2D eigenvalue weighted by Gasteiger charge is -2.32. The third-order valence-corrected chi connectivity index (χ3v) is 7.75. The molecule has 0 unspecified atom stereocenters. The molecule has 4 rings (SSSR count). The number of carbonyl (C=O) groups excluding carboxylic acids is 1. The summed E-state index contributed by atoms with van der Waals surface area (Å²) >= 11 is 0. The minimum Gasteiger partial charge on any atom is -0.394 e. The predicted molar refractivity (Wildman–Crippen MR) is 146 cm³/mol. The van der Waals surface area contributed by atoms with E-state index in [2.05, 4.69) is 4.98 Å². The number of alkyl halides is 6. The van der Waals surface area contributed by atoms with Crippen molar-refractivity contribution in [3.8, 4) is 11.1 Å². The van der Waals surface area contributed by atoms with E-state index < -0.39 is 58.3 Å². The minimum atomic E-state index is -5.09. The van der Waals surface area contributed by atoms with Gasteiger partial charge in [-0.15, -0.1) is 0 Å². The maximum absolute atomic E-state index is 14.0. The van der Waals surface area contributed by atoms with Crippen LogP contribution >= 0.6 is 0 Å². The van der Waals surface area contributed by atoms with Crippen molar-refractivity contribution in [1.82, 2.24) is 4.98 Å². The Morgan fingerprint density at radius 2 is 1.56 bits per heavy atom. The van der Waals surface area contributed by atoms with Gasteiger partial charge in [0.2, 0.25) is 5.91 Å². The average Bonchev–Trinajstić information content (AvgIpc) is 3.31. The summed E-state index contributed by atoms with van der Waals surface area (Å²) in [7, 11) is 1.32. The molecule has 2 aromatic carbocycles. The SMILES string of the molecule is Cc1cc(F)ccc1-c1cc(N2C[C@@H](O)C[C@@H]2CO)ncc1N(C)C(=O)C(C)(C)c1cc(C(F)(F)F)cc(C(F)(F)F)c1. The Kier molecular flexibility index (Phi) is 8.55. The Balaban J connectivity index is 1.84. The Morgan fingerprint density at radius 1 is 0.977 bits per heavy atom. The van der Waals surface area contributed by atoms with Crippen LogP contribution in [0.25, 0.3) is 11.1 Å². The molecule has 232 valence electrons. The summed E-state index contributed by atoms with van der Waals surface area (Å²) in [6, 6.07) is 6.14. The molecule has 0 aliphatic carbocycles. The van der Waals surface area contributed by atoms with Gasteiger partial charge in [0.15, 0.2) is 0 Å². The van der Waals surface area contributed by atoms with Gasteiger partial charge in [-0.3, -0.25) is 4.79 Å². The number of aliphatic hydroxyl groups is 2. The van der Waals surface area contributed by atoms with Gasteiger partial charge in [0.05, 0.1) is 47.2 Å². The highest BCUT2D eigenvalue weighted by Gasteiger charge is 2.41. The molecule has 0 spiro atoms. The summed E-state index contributed by atoms with van der Waals surface area (Å²) < 4.78 is 95.4. The van der Waals surface area contributed by atoms with Crippen molar-refractivity contribution < 1.29 is 45.7 Å². The molecule has 1 aliphatic rings. The summed E-state index contributed by atoms with van der Waals surface area (Å²) in [6.07, 6.45) is -9.32. The summed E-state index contributed by atoms with van der Waals surface area (Å²) in [5, 5.41) is 20.0. The molecular weight excluding hydrogens is 583 g/mol. The van der Waals surface area contributed by atoms with Crippen molar-refractivity contribution in [2.24, 2.45) is 0 Å². The van der Waals surface area contributed by atoms with Crippen LogP contribution < -0.4 is 9.80 Å². The van der Waals surface area contributed by atoms with Crippen molar-refractivity contribution in [3.63, 3.8) is 0 Å². The van der Waals surface area contributed by atoms with E-state index >= 15 is 0 Å². The Hall–Kier alpha value is -3.71. The molecule has 43 heavy (non-hydrogen) atoms. The highest BCUT2D eigenvalue weighted by molar-refractivity contribution is 6.03. The fourth-order valence-corrected chi connectivity index (χ4v) is 5.32. The molecule has 2 heterocycles. The summed E-state index contributed by atoms with van der Waals surface area (Å²) in [5.41, 5.74) is -3.96. The Bertz CT molecular complexity index is 1490. The van der Waals surface area contributed by atoms with Gasteiger partial charge in [-0.1, -0.05) is 6.07 Å². The van der Waals surface area contributed by atoms with Gasteiger partial charge in [0, 0.05) is 19.2 Å². The number of anilines is 2. The zero-order chi connectivity index (χ0) is 32.1. The highest BCUT2D eigenvalue weighted by Crippen LogP contribution is 2.41. The molecule has 0 radical (unpaired) electrons. The van der Waals surface area contributed by atoms with E-state index in [0.717, 1.165) is 4.90 Å². The van der Waals surface area contributed by atoms with Crippen LogP contribution in [0.1, 0.15) is 42.5 Å². The second-order valence-corrected chi connectivity index (χ2v) is 11.2. The maximum atomic E-state index is 14.0. The number of aliphatic hydroxyl groups excluding tert-OH is 2. The quantitative estimate of drug-likeness (QED) is 0.329. The summed E-state index contributed by atoms with van der Waals surface area (Å²) in [4.78, 5) is 21.1. The third kappa shape index (κ3) is 6.47. The summed E-state index contributed by atoms with van der Waals surface area (Å²) in [5.74, 6) is -1.01. The van der Waals surface area contributed by atoms with Crippen LogP contribution in [0.5, 0.6) is 0 Å². The number of β-amino-alcohol motifs (C(OH)–C–C–N with tert-alkyl or cyclic N) is 1. The van der Waals surface area contributed by atoms with E-state index in [9.17, 15) is 45.7 Å². The Morgan fingerprint density at radius 3 is 2.09 bits per heavy atom. The van der Waals surface area contributed by atoms with E-state index in [1.54, 1.807) is 17.9 Å². The smallest absolute Gasteiger partial charge is 0.394 e. The lowest BCUT2D eigenvalue weighted by atomic mass is 9.81. The molecular formula is C30H30F7N3O3. The predicted octanol–water partition coefficient (Wildman–Crippen LogP) is 6.11. The number of aryl methyl sites for hydroxylation is 1. The van der Waals surface area contributed by atoms with E-state index in [4.69, 9.17) is 0 Å². The molecule has 13 heteroatoms. The lowest BCUT2D eigenvalue weighted by molar-refractivity contribution is -0.143. The van der Waals surface area contributed by atoms with Crippen LogP contribution in [0.2, 0.25) is 0 Å². The zero-order valence-corrected chi connectivity index (χ0v) is 23.7. The van der Waals surface area contributed by atoms with Gasteiger partial charge >= 0.3 is 12.4 Å². The normalized spacial score (nSPS) is 17.8. The number of aromatic nitrogens is 1. The van der Waals surface area contributed by atoms with Crippen molar-refractivity contribution in [2.45, 2.75) is 57.1 Å². The van der Waals surface area contributed by atoms with Gasteiger partial charge < -0.3 is 20.0 Å². The number of rotatable bonds is 6. The van der Waals surface area contributed by atoms with Crippen molar-refractivity contribution in [3.05, 3.63) is 76.7 Å². The van der Waals surface area contributed by atoms with E-state index in [1.807, 2.05) is 0 Å². The van der Waals surface area contributed by atoms with Gasteiger partial charge in [-0.2, -0.15) is 26.3 Å². The fraction of sp³-hybridized carbons (Fsp3) is 0.400. The first kappa shape index (κ1) is 32.2. The monoisotopic (exact) mass is 613 g/mol. The second-order valence-electron chi connectivity index (χ2n) is 11.2. The van der Waals surface area contributed by atoms with Crippen LogP contribution in [0.4, 0.5) is 42.2 Å². The number of halogens is 7.